The first-order valence-electron chi connectivity index (χ1n) is 9.43. The van der Waals surface area contributed by atoms with Gasteiger partial charge in [0.25, 0.3) is 11.8 Å². The molecule has 0 bridgehead atoms. The van der Waals surface area contributed by atoms with Crippen LogP contribution in [0.15, 0.2) is 29.2 Å². The number of benzene rings is 1. The Hall–Kier alpha value is -2.18. The maximum absolute atomic E-state index is 12.8. The van der Waals surface area contributed by atoms with E-state index in [9.17, 15) is 31.2 Å². The van der Waals surface area contributed by atoms with Crippen molar-refractivity contribution >= 4 is 21.8 Å². The van der Waals surface area contributed by atoms with Crippen LogP contribution in [-0.4, -0.2) is 81.0 Å². The standard InChI is InChI=1S/C18H22F3N3O5S/c19-18(20,21)12-22-16(25)13-3-5-14(6-4-13)30(27,28)24-9-7-23(8-10-24)17(26)15-2-1-11-29-15/h3-6,15H,1-2,7-12H2,(H,22,25)/t15-/m1/s1. The van der Waals surface area contributed by atoms with Crippen LogP contribution in [0.3, 0.4) is 0 Å². The molecule has 166 valence electrons. The fourth-order valence-corrected chi connectivity index (χ4v) is 4.76. The number of amides is 2. The van der Waals surface area contributed by atoms with Gasteiger partial charge in [0, 0.05) is 38.3 Å². The minimum absolute atomic E-state index is 0.0752. The first-order chi connectivity index (χ1) is 14.1. The van der Waals surface area contributed by atoms with E-state index < -0.39 is 34.8 Å². The molecule has 2 heterocycles. The highest BCUT2D eigenvalue weighted by atomic mass is 32.2. The zero-order valence-electron chi connectivity index (χ0n) is 16.0. The van der Waals surface area contributed by atoms with Gasteiger partial charge in [-0.05, 0) is 37.1 Å². The zero-order valence-corrected chi connectivity index (χ0v) is 16.8. The topological polar surface area (TPSA) is 96.0 Å². The second-order valence-electron chi connectivity index (χ2n) is 7.05. The summed E-state index contributed by atoms with van der Waals surface area (Å²) in [5, 5.41) is 1.73. The van der Waals surface area contributed by atoms with Crippen molar-refractivity contribution in [2.75, 3.05) is 39.3 Å². The van der Waals surface area contributed by atoms with Crippen LogP contribution in [0.2, 0.25) is 0 Å². The molecule has 2 fully saturated rings. The molecule has 0 aromatic heterocycles. The van der Waals surface area contributed by atoms with Gasteiger partial charge in [0.2, 0.25) is 10.0 Å². The summed E-state index contributed by atoms with van der Waals surface area (Å²) in [5.41, 5.74) is -0.0785. The average Bonchev–Trinajstić information content (AvgIpc) is 3.26. The van der Waals surface area contributed by atoms with Crippen molar-refractivity contribution in [1.82, 2.24) is 14.5 Å². The molecule has 2 aliphatic rings. The van der Waals surface area contributed by atoms with Crippen LogP contribution in [-0.2, 0) is 19.6 Å². The molecule has 1 atom stereocenters. The van der Waals surface area contributed by atoms with Crippen LogP contribution in [0.25, 0.3) is 0 Å². The molecule has 0 unspecified atom stereocenters. The summed E-state index contributed by atoms with van der Waals surface area (Å²) in [6.45, 7) is -0.190. The predicted octanol–water partition coefficient (Wildman–Crippen LogP) is 0.991. The molecule has 2 amide bonds. The van der Waals surface area contributed by atoms with E-state index in [0.29, 0.717) is 13.0 Å². The van der Waals surface area contributed by atoms with Crippen molar-refractivity contribution in [2.45, 2.75) is 30.0 Å². The van der Waals surface area contributed by atoms with Gasteiger partial charge in [-0.15, -0.1) is 0 Å². The van der Waals surface area contributed by atoms with Gasteiger partial charge in [0.1, 0.15) is 12.6 Å². The first-order valence-corrected chi connectivity index (χ1v) is 10.9. The smallest absolute Gasteiger partial charge is 0.368 e. The monoisotopic (exact) mass is 449 g/mol. The molecule has 3 rings (SSSR count). The minimum Gasteiger partial charge on any atom is -0.368 e. The van der Waals surface area contributed by atoms with Crippen LogP contribution in [0.4, 0.5) is 13.2 Å². The van der Waals surface area contributed by atoms with E-state index >= 15 is 0 Å². The molecule has 8 nitrogen and oxygen atoms in total. The molecule has 1 aromatic rings. The van der Waals surface area contributed by atoms with Crippen LogP contribution < -0.4 is 5.32 Å². The summed E-state index contributed by atoms with van der Waals surface area (Å²) in [6.07, 6.45) is -3.49. The Morgan fingerprint density at radius 3 is 2.27 bits per heavy atom. The Labute approximate surface area is 172 Å². The molecule has 1 N–H and O–H groups in total. The van der Waals surface area contributed by atoms with Gasteiger partial charge in [-0.2, -0.15) is 17.5 Å². The van der Waals surface area contributed by atoms with Crippen molar-refractivity contribution < 1.29 is 35.9 Å². The lowest BCUT2D eigenvalue weighted by Gasteiger charge is -2.35. The van der Waals surface area contributed by atoms with E-state index in [2.05, 4.69) is 0 Å². The summed E-state index contributed by atoms with van der Waals surface area (Å²) in [5.74, 6) is -1.07. The highest BCUT2D eigenvalue weighted by Gasteiger charge is 2.34. The SMILES string of the molecule is O=C(NCC(F)(F)F)c1ccc(S(=O)(=O)N2CCN(C(=O)[C@H]3CCCO3)CC2)cc1. The summed E-state index contributed by atoms with van der Waals surface area (Å²) >= 11 is 0. The Kier molecular flexibility index (Phi) is 6.68. The molecule has 2 saturated heterocycles. The molecule has 0 spiro atoms. The molecule has 30 heavy (non-hydrogen) atoms. The summed E-state index contributed by atoms with van der Waals surface area (Å²) < 4.78 is 68.8. The van der Waals surface area contributed by atoms with Crippen LogP contribution in [0.5, 0.6) is 0 Å². The van der Waals surface area contributed by atoms with Crippen molar-refractivity contribution in [2.24, 2.45) is 0 Å². The lowest BCUT2D eigenvalue weighted by Crippen LogP contribution is -2.52. The number of nitrogens with one attached hydrogen (secondary N) is 1. The van der Waals surface area contributed by atoms with Gasteiger partial charge in [0.15, 0.2) is 0 Å². The van der Waals surface area contributed by atoms with E-state index in [0.717, 1.165) is 18.6 Å². The second kappa shape index (κ2) is 8.90. The Morgan fingerprint density at radius 2 is 1.73 bits per heavy atom. The number of carbonyl (C=O) groups excluding carboxylic acids is 2. The Morgan fingerprint density at radius 1 is 1.10 bits per heavy atom. The van der Waals surface area contributed by atoms with Crippen LogP contribution >= 0.6 is 0 Å². The number of piperazine rings is 1. The van der Waals surface area contributed by atoms with Crippen molar-refractivity contribution in [3.63, 3.8) is 0 Å². The molecule has 0 aliphatic carbocycles. The molecule has 0 radical (unpaired) electrons. The largest absolute Gasteiger partial charge is 0.405 e. The third-order valence-corrected chi connectivity index (χ3v) is 6.87. The highest BCUT2D eigenvalue weighted by molar-refractivity contribution is 7.89. The maximum Gasteiger partial charge on any atom is 0.405 e. The van der Waals surface area contributed by atoms with Gasteiger partial charge in [-0.25, -0.2) is 8.42 Å². The van der Waals surface area contributed by atoms with Crippen molar-refractivity contribution in [3.05, 3.63) is 29.8 Å². The van der Waals surface area contributed by atoms with Gasteiger partial charge in [-0.1, -0.05) is 0 Å². The summed E-state index contributed by atoms with van der Waals surface area (Å²) in [4.78, 5) is 25.6. The number of alkyl halides is 3. The molecule has 1 aromatic carbocycles. The predicted molar refractivity (Wildman–Crippen MR) is 99.1 cm³/mol. The van der Waals surface area contributed by atoms with Gasteiger partial charge < -0.3 is 15.0 Å². The van der Waals surface area contributed by atoms with Crippen LogP contribution in [0.1, 0.15) is 23.2 Å². The molecule has 0 saturated carbocycles. The van der Waals surface area contributed by atoms with Gasteiger partial charge in [-0.3, -0.25) is 9.59 Å². The highest BCUT2D eigenvalue weighted by Crippen LogP contribution is 2.21. The number of sulfonamides is 1. The van der Waals surface area contributed by atoms with E-state index in [1.165, 1.54) is 16.4 Å². The fourth-order valence-electron chi connectivity index (χ4n) is 3.33. The first kappa shape index (κ1) is 22.5. The zero-order chi connectivity index (χ0) is 21.9. The number of halogens is 3. The van der Waals surface area contributed by atoms with Crippen LogP contribution in [0, 0.1) is 0 Å². The van der Waals surface area contributed by atoms with Gasteiger partial charge >= 0.3 is 6.18 Å². The molecule has 12 heteroatoms. The van der Waals surface area contributed by atoms with E-state index in [-0.39, 0.29) is 42.5 Å². The number of hydrogen-bond donors (Lipinski definition) is 1. The number of rotatable bonds is 5. The second-order valence-corrected chi connectivity index (χ2v) is 8.99. The molecule has 2 aliphatic heterocycles. The van der Waals surface area contributed by atoms with E-state index in [1.807, 2.05) is 0 Å². The normalized spacial score (nSPS) is 20.9. The molecular formula is C18H22F3N3O5S. The Bertz CT molecular complexity index is 875. The fraction of sp³-hybridized carbons (Fsp3) is 0.556. The molecular weight excluding hydrogens is 427 g/mol. The maximum atomic E-state index is 12.8. The quantitative estimate of drug-likeness (QED) is 0.724. The lowest BCUT2D eigenvalue weighted by molar-refractivity contribution is -0.142. The van der Waals surface area contributed by atoms with Crippen molar-refractivity contribution in [1.29, 1.82) is 0 Å². The summed E-state index contributed by atoms with van der Waals surface area (Å²) in [6, 6.07) is 4.69. The van der Waals surface area contributed by atoms with E-state index in [1.54, 1.807) is 10.2 Å². The average molecular weight is 449 g/mol. The lowest BCUT2D eigenvalue weighted by atomic mass is 10.2. The number of nitrogens with zero attached hydrogens (tertiary/aromatic N) is 2. The van der Waals surface area contributed by atoms with Gasteiger partial charge in [0.05, 0.1) is 4.90 Å². The number of carbonyl (C=O) groups is 2. The third kappa shape index (κ3) is 5.29. The minimum atomic E-state index is -4.54. The number of ether oxygens (including phenoxy) is 1. The third-order valence-electron chi connectivity index (χ3n) is 4.96. The van der Waals surface area contributed by atoms with E-state index in [4.69, 9.17) is 4.74 Å². The number of hydrogen-bond acceptors (Lipinski definition) is 5. The Balaban J connectivity index is 1.59. The summed E-state index contributed by atoms with van der Waals surface area (Å²) in [7, 11) is -3.86. The van der Waals surface area contributed by atoms with Crippen molar-refractivity contribution in [3.8, 4) is 0 Å².